The number of aryl methyl sites for hydroxylation is 1. The molecule has 1 rings (SSSR count). The molecule has 0 spiro atoms. The van der Waals surface area contributed by atoms with Gasteiger partial charge >= 0.3 is 0 Å². The lowest BCUT2D eigenvalue weighted by molar-refractivity contribution is 0.107. The van der Waals surface area contributed by atoms with E-state index in [9.17, 15) is 13.5 Å². The number of hydrogen-bond donors (Lipinski definition) is 1. The van der Waals surface area contributed by atoms with Gasteiger partial charge in [0.25, 0.3) is 10.0 Å². The fourth-order valence-corrected chi connectivity index (χ4v) is 4.26. The molecule has 0 heterocycles. The normalized spacial score (nSPS) is 13.7. The van der Waals surface area contributed by atoms with Crippen LogP contribution in [0.15, 0.2) is 29.2 Å². The van der Waals surface area contributed by atoms with Gasteiger partial charge in [-0.2, -0.15) is 0 Å². The third-order valence-electron chi connectivity index (χ3n) is 4.72. The molecule has 1 unspecified atom stereocenters. The highest BCUT2D eigenvalue weighted by Crippen LogP contribution is 2.37. The van der Waals surface area contributed by atoms with Crippen LogP contribution in [0.2, 0.25) is 18.1 Å². The van der Waals surface area contributed by atoms with Gasteiger partial charge < -0.3 is 9.53 Å². The molecule has 0 saturated carbocycles. The summed E-state index contributed by atoms with van der Waals surface area (Å²) in [5, 5.41) is 9.61. The minimum absolute atomic E-state index is 0.0272. The molecular weight excluding hydrogens is 366 g/mol. The Labute approximate surface area is 159 Å². The molecule has 0 aliphatic carbocycles. The number of aliphatic hydroxyl groups excluding tert-OH is 1. The summed E-state index contributed by atoms with van der Waals surface area (Å²) in [5.41, 5.74) is 0.992. The second-order valence-electron chi connectivity index (χ2n) is 7.96. The van der Waals surface area contributed by atoms with Crippen LogP contribution in [0.5, 0.6) is 0 Å². The van der Waals surface area contributed by atoms with Crippen LogP contribution >= 0.6 is 0 Å². The van der Waals surface area contributed by atoms with E-state index < -0.39 is 24.4 Å². The number of sulfonamides is 1. The first kappa shape index (κ1) is 22.7. The summed E-state index contributed by atoms with van der Waals surface area (Å²) in [6.45, 7) is 12.4. The Bertz CT molecular complexity index is 755. The molecule has 0 aromatic heterocycles. The predicted molar refractivity (Wildman–Crippen MR) is 108 cm³/mol. The summed E-state index contributed by atoms with van der Waals surface area (Å²) in [4.78, 5) is 0.205. The third kappa shape index (κ3) is 5.85. The molecule has 1 aromatic rings. The summed E-state index contributed by atoms with van der Waals surface area (Å²) in [7, 11) is -4.25. The first-order valence-electron chi connectivity index (χ1n) is 8.64. The van der Waals surface area contributed by atoms with Gasteiger partial charge in [-0.1, -0.05) is 44.4 Å². The van der Waals surface area contributed by atoms with E-state index in [1.54, 1.807) is 24.3 Å². The Morgan fingerprint density at radius 3 is 2.23 bits per heavy atom. The maximum absolute atomic E-state index is 12.5. The van der Waals surface area contributed by atoms with Gasteiger partial charge in [0, 0.05) is 19.5 Å². The van der Waals surface area contributed by atoms with E-state index in [0.29, 0.717) is 0 Å². The minimum Gasteiger partial charge on any atom is -0.411 e. The third-order valence-corrected chi connectivity index (χ3v) is 10.9. The molecule has 146 valence electrons. The molecule has 0 radical (unpaired) electrons. The maximum atomic E-state index is 12.5. The molecule has 26 heavy (non-hydrogen) atoms. The number of hydrogen-bond acceptors (Lipinski definition) is 4. The first-order chi connectivity index (χ1) is 11.8. The lowest BCUT2D eigenvalue weighted by Gasteiger charge is -2.38. The van der Waals surface area contributed by atoms with Gasteiger partial charge in [0.1, 0.15) is 0 Å². The van der Waals surface area contributed by atoms with Crippen molar-refractivity contribution in [2.24, 2.45) is 0 Å². The van der Waals surface area contributed by atoms with Crippen molar-refractivity contribution in [2.45, 2.75) is 63.2 Å². The van der Waals surface area contributed by atoms with Crippen molar-refractivity contribution in [1.29, 1.82) is 0 Å². The van der Waals surface area contributed by atoms with Crippen molar-refractivity contribution in [3.8, 4) is 12.0 Å². The molecule has 0 saturated heterocycles. The SMILES string of the molecule is Cc1ccc(S(=O)(=O)N(C)C#CCC(CO)O[Si](C)(C)C(C)(C)C)cc1. The van der Waals surface area contributed by atoms with E-state index in [2.05, 4.69) is 45.8 Å². The molecule has 1 N–H and O–H groups in total. The molecule has 0 bridgehead atoms. The van der Waals surface area contributed by atoms with Crippen LogP contribution < -0.4 is 0 Å². The Hall–Kier alpha value is -1.33. The zero-order valence-electron chi connectivity index (χ0n) is 16.8. The molecule has 0 aliphatic rings. The molecule has 1 aromatic carbocycles. The molecule has 0 amide bonds. The number of nitrogens with zero attached hydrogens (tertiary/aromatic N) is 1. The summed E-state index contributed by atoms with van der Waals surface area (Å²) < 4.78 is 32.1. The van der Waals surface area contributed by atoms with E-state index in [0.717, 1.165) is 9.87 Å². The van der Waals surface area contributed by atoms with Crippen LogP contribution in [0.3, 0.4) is 0 Å². The van der Waals surface area contributed by atoms with Gasteiger partial charge in [-0.3, -0.25) is 0 Å². The minimum atomic E-state index is -3.65. The van der Waals surface area contributed by atoms with Gasteiger partial charge in [0.15, 0.2) is 8.32 Å². The highest BCUT2D eigenvalue weighted by molar-refractivity contribution is 7.89. The van der Waals surface area contributed by atoms with Crippen molar-refractivity contribution >= 4 is 18.3 Å². The van der Waals surface area contributed by atoms with Gasteiger partial charge in [-0.15, -0.1) is 0 Å². The summed E-state index contributed by atoms with van der Waals surface area (Å²) >= 11 is 0. The fourth-order valence-electron chi connectivity index (χ4n) is 1.94. The first-order valence-corrected chi connectivity index (χ1v) is 13.0. The molecular formula is C19H31NO4SSi. The average Bonchev–Trinajstić information content (AvgIpc) is 2.52. The lowest BCUT2D eigenvalue weighted by atomic mass is 10.2. The zero-order valence-corrected chi connectivity index (χ0v) is 18.6. The Morgan fingerprint density at radius 2 is 1.77 bits per heavy atom. The smallest absolute Gasteiger partial charge is 0.270 e. The van der Waals surface area contributed by atoms with E-state index in [4.69, 9.17) is 4.43 Å². The predicted octanol–water partition coefficient (Wildman–Crippen LogP) is 3.35. The molecule has 1 atom stereocenters. The summed E-state index contributed by atoms with van der Waals surface area (Å²) in [6, 6.07) is 9.29. The largest absolute Gasteiger partial charge is 0.411 e. The van der Waals surface area contributed by atoms with E-state index in [-0.39, 0.29) is 23.0 Å². The maximum Gasteiger partial charge on any atom is 0.270 e. The average molecular weight is 398 g/mol. The highest BCUT2D eigenvalue weighted by atomic mass is 32.2. The fraction of sp³-hybridized carbons (Fsp3) is 0.579. The Kier molecular flexibility index (Phi) is 7.49. The summed E-state index contributed by atoms with van der Waals surface area (Å²) in [6.07, 6.45) is -0.143. The van der Waals surface area contributed by atoms with Crippen LogP contribution in [-0.4, -0.2) is 45.9 Å². The van der Waals surface area contributed by atoms with Crippen molar-refractivity contribution in [2.75, 3.05) is 13.7 Å². The van der Waals surface area contributed by atoms with Crippen LogP contribution in [0.25, 0.3) is 0 Å². The van der Waals surface area contributed by atoms with Gasteiger partial charge in [-0.05, 0) is 37.2 Å². The number of rotatable bonds is 6. The van der Waals surface area contributed by atoms with E-state index in [1.807, 2.05) is 6.92 Å². The van der Waals surface area contributed by atoms with Crippen molar-refractivity contribution in [3.63, 3.8) is 0 Å². The monoisotopic (exact) mass is 397 g/mol. The molecule has 0 fully saturated rings. The number of aliphatic hydroxyl groups is 1. The van der Waals surface area contributed by atoms with Gasteiger partial charge in [0.2, 0.25) is 0 Å². The van der Waals surface area contributed by atoms with Crippen molar-refractivity contribution < 1.29 is 18.0 Å². The van der Waals surface area contributed by atoms with Gasteiger partial charge in [-0.25, -0.2) is 12.7 Å². The van der Waals surface area contributed by atoms with Crippen molar-refractivity contribution in [3.05, 3.63) is 29.8 Å². The Balaban J connectivity index is 2.83. The van der Waals surface area contributed by atoms with Crippen LogP contribution in [0.4, 0.5) is 0 Å². The highest BCUT2D eigenvalue weighted by Gasteiger charge is 2.38. The van der Waals surface area contributed by atoms with Crippen LogP contribution in [0.1, 0.15) is 32.8 Å². The van der Waals surface area contributed by atoms with Gasteiger partial charge in [0.05, 0.1) is 17.6 Å². The van der Waals surface area contributed by atoms with Crippen LogP contribution in [0, 0.1) is 18.9 Å². The van der Waals surface area contributed by atoms with E-state index >= 15 is 0 Å². The second-order valence-corrected chi connectivity index (χ2v) is 14.7. The second kappa shape index (κ2) is 8.57. The standard InChI is InChI=1S/C19H31NO4SSi/c1-16-10-12-18(13-11-16)25(22,23)20(5)14-8-9-17(15-21)24-26(6,7)19(2,3)4/h10-13,17,21H,9,15H2,1-7H3. The molecule has 5 nitrogen and oxygen atoms in total. The topological polar surface area (TPSA) is 66.8 Å². The zero-order chi connectivity index (χ0) is 20.2. The lowest BCUT2D eigenvalue weighted by Crippen LogP contribution is -2.44. The Morgan fingerprint density at radius 1 is 1.23 bits per heavy atom. The quantitative estimate of drug-likeness (QED) is 0.454. The molecule has 7 heteroatoms. The molecule has 0 aliphatic heterocycles. The number of benzene rings is 1. The van der Waals surface area contributed by atoms with E-state index in [1.165, 1.54) is 7.05 Å². The van der Waals surface area contributed by atoms with Crippen LogP contribution in [-0.2, 0) is 14.4 Å². The van der Waals surface area contributed by atoms with Crippen molar-refractivity contribution in [1.82, 2.24) is 4.31 Å². The summed E-state index contributed by atoms with van der Waals surface area (Å²) in [5.74, 6) is 2.83.